The van der Waals surface area contributed by atoms with E-state index >= 15 is 0 Å². The highest BCUT2D eigenvalue weighted by Gasteiger charge is 2.05. The van der Waals surface area contributed by atoms with Gasteiger partial charge in [0.05, 0.1) is 4.92 Å². The molecule has 0 atom stereocenters. The average molecular weight is 220 g/mol. The summed E-state index contributed by atoms with van der Waals surface area (Å²) in [6, 6.07) is 4.91. The number of non-ortho nitro benzene ring substituents is 1. The third-order valence-corrected chi connectivity index (χ3v) is 2.32. The smallest absolute Gasteiger partial charge is 0.269 e. The second-order valence-corrected chi connectivity index (χ2v) is 3.59. The zero-order valence-corrected chi connectivity index (χ0v) is 9.56. The van der Waals surface area contributed by atoms with Crippen LogP contribution in [0.25, 0.3) is 6.08 Å². The van der Waals surface area contributed by atoms with Crippen LogP contribution in [0.5, 0.6) is 0 Å². The highest BCUT2D eigenvalue weighted by atomic mass is 16.6. The van der Waals surface area contributed by atoms with Crippen molar-refractivity contribution in [2.75, 3.05) is 13.6 Å². The molecule has 0 heterocycles. The topological polar surface area (TPSA) is 55.2 Å². The highest BCUT2D eigenvalue weighted by Crippen LogP contribution is 2.18. The van der Waals surface area contributed by atoms with Gasteiger partial charge in [-0.3, -0.25) is 10.1 Å². The first-order chi connectivity index (χ1) is 7.65. The average Bonchev–Trinajstić information content (AvgIpc) is 2.26. The summed E-state index contributed by atoms with van der Waals surface area (Å²) in [4.78, 5) is 10.2. The van der Waals surface area contributed by atoms with Gasteiger partial charge in [0.1, 0.15) is 0 Å². The molecule has 0 fully saturated rings. The maximum atomic E-state index is 10.5. The molecule has 0 radical (unpaired) electrons. The normalized spacial score (nSPS) is 10.9. The molecule has 86 valence electrons. The molecule has 4 heteroatoms. The zero-order valence-electron chi connectivity index (χ0n) is 9.56. The van der Waals surface area contributed by atoms with Gasteiger partial charge in [-0.2, -0.15) is 0 Å². The van der Waals surface area contributed by atoms with E-state index in [-0.39, 0.29) is 10.6 Å². The van der Waals surface area contributed by atoms with Crippen molar-refractivity contribution in [3.63, 3.8) is 0 Å². The summed E-state index contributed by atoms with van der Waals surface area (Å²) in [5.74, 6) is 0. The fourth-order valence-electron chi connectivity index (χ4n) is 1.40. The van der Waals surface area contributed by atoms with Gasteiger partial charge in [-0.1, -0.05) is 12.2 Å². The largest absolute Gasteiger partial charge is 0.319 e. The van der Waals surface area contributed by atoms with E-state index in [0.717, 1.165) is 24.1 Å². The number of nitro groups is 1. The van der Waals surface area contributed by atoms with Crippen LogP contribution in [0.15, 0.2) is 24.3 Å². The van der Waals surface area contributed by atoms with Crippen molar-refractivity contribution in [1.29, 1.82) is 0 Å². The van der Waals surface area contributed by atoms with Gasteiger partial charge in [0.15, 0.2) is 0 Å². The Morgan fingerprint density at radius 2 is 2.25 bits per heavy atom. The number of nitrogens with one attached hydrogen (secondary N) is 1. The number of rotatable bonds is 5. The highest BCUT2D eigenvalue weighted by molar-refractivity contribution is 5.56. The number of nitro benzene ring substituents is 1. The van der Waals surface area contributed by atoms with Gasteiger partial charge >= 0.3 is 0 Å². The Morgan fingerprint density at radius 1 is 1.50 bits per heavy atom. The van der Waals surface area contributed by atoms with Gasteiger partial charge in [-0.25, -0.2) is 0 Å². The van der Waals surface area contributed by atoms with E-state index in [2.05, 4.69) is 11.4 Å². The van der Waals surface area contributed by atoms with Crippen LogP contribution in [0.4, 0.5) is 5.69 Å². The van der Waals surface area contributed by atoms with Crippen LogP contribution in [-0.4, -0.2) is 18.5 Å². The van der Waals surface area contributed by atoms with Crippen LogP contribution in [0.1, 0.15) is 17.5 Å². The number of aryl methyl sites for hydroxylation is 1. The first-order valence-electron chi connectivity index (χ1n) is 5.21. The van der Waals surface area contributed by atoms with E-state index in [1.54, 1.807) is 12.1 Å². The number of hydrogen-bond donors (Lipinski definition) is 1. The van der Waals surface area contributed by atoms with Crippen LogP contribution in [0.3, 0.4) is 0 Å². The Kier molecular flexibility index (Phi) is 4.66. The fraction of sp³-hybridized carbons (Fsp3) is 0.333. The second-order valence-electron chi connectivity index (χ2n) is 3.59. The van der Waals surface area contributed by atoms with Crippen LogP contribution in [0.2, 0.25) is 0 Å². The lowest BCUT2D eigenvalue weighted by Crippen LogP contribution is -2.05. The molecule has 4 nitrogen and oxygen atoms in total. The van der Waals surface area contributed by atoms with E-state index in [0.29, 0.717) is 0 Å². The molecule has 0 bridgehead atoms. The summed E-state index contributed by atoms with van der Waals surface area (Å²) in [7, 11) is 1.91. The van der Waals surface area contributed by atoms with Crippen LogP contribution in [-0.2, 0) is 0 Å². The number of hydrogen-bond acceptors (Lipinski definition) is 3. The summed E-state index contributed by atoms with van der Waals surface area (Å²) in [5, 5.41) is 13.6. The summed E-state index contributed by atoms with van der Waals surface area (Å²) in [6.45, 7) is 2.81. The van der Waals surface area contributed by atoms with Gasteiger partial charge in [-0.15, -0.1) is 0 Å². The molecule has 1 N–H and O–H groups in total. The standard InChI is InChI=1S/C12H16N2O2/c1-10-9-12(14(15)16)7-6-11(10)5-3-4-8-13-2/h3,5-7,9,13H,4,8H2,1-2H3. The van der Waals surface area contributed by atoms with Crippen LogP contribution in [0, 0.1) is 17.0 Å². The van der Waals surface area contributed by atoms with Crippen molar-refractivity contribution in [2.45, 2.75) is 13.3 Å². The molecule has 1 aromatic rings. The summed E-state index contributed by atoms with van der Waals surface area (Å²) < 4.78 is 0. The van der Waals surface area contributed by atoms with Gasteiger partial charge < -0.3 is 5.32 Å². The molecule has 0 aliphatic heterocycles. The zero-order chi connectivity index (χ0) is 12.0. The molecule has 0 unspecified atom stereocenters. The fourth-order valence-corrected chi connectivity index (χ4v) is 1.40. The molecule has 1 rings (SSSR count). The maximum Gasteiger partial charge on any atom is 0.269 e. The van der Waals surface area contributed by atoms with Crippen LogP contribution < -0.4 is 5.32 Å². The summed E-state index contributed by atoms with van der Waals surface area (Å²) in [6.07, 6.45) is 5.01. The van der Waals surface area contributed by atoms with Gasteiger partial charge in [0.2, 0.25) is 0 Å². The van der Waals surface area contributed by atoms with Gasteiger partial charge in [0, 0.05) is 12.1 Å². The number of nitrogens with zero attached hydrogens (tertiary/aromatic N) is 1. The molecule has 0 aliphatic rings. The molecule has 0 saturated heterocycles. The molecule has 0 spiro atoms. The third kappa shape index (κ3) is 3.47. The lowest BCUT2D eigenvalue weighted by molar-refractivity contribution is -0.384. The molecule has 0 saturated carbocycles. The Bertz CT molecular complexity index is 400. The third-order valence-electron chi connectivity index (χ3n) is 2.32. The van der Waals surface area contributed by atoms with Crippen molar-refractivity contribution in [3.8, 4) is 0 Å². The second kappa shape index (κ2) is 6.02. The Labute approximate surface area is 95.1 Å². The van der Waals surface area contributed by atoms with Crippen molar-refractivity contribution in [3.05, 3.63) is 45.5 Å². The SMILES string of the molecule is CNCCC=Cc1ccc([N+](=O)[O-])cc1C. The first kappa shape index (κ1) is 12.4. The molecule has 1 aromatic carbocycles. The molecule has 0 aliphatic carbocycles. The van der Waals surface area contributed by atoms with E-state index < -0.39 is 0 Å². The Balaban J connectivity index is 2.75. The first-order valence-corrected chi connectivity index (χ1v) is 5.21. The molecular formula is C12H16N2O2. The quantitative estimate of drug-likeness (QED) is 0.471. The van der Waals surface area contributed by atoms with Gasteiger partial charge in [0.25, 0.3) is 5.69 Å². The minimum Gasteiger partial charge on any atom is -0.319 e. The predicted octanol–water partition coefficient (Wildman–Crippen LogP) is 2.53. The molecular weight excluding hydrogens is 204 g/mol. The van der Waals surface area contributed by atoms with E-state index in [4.69, 9.17) is 0 Å². The monoisotopic (exact) mass is 220 g/mol. The lowest BCUT2D eigenvalue weighted by atomic mass is 10.1. The van der Waals surface area contributed by atoms with Crippen molar-refractivity contribution in [1.82, 2.24) is 5.32 Å². The summed E-state index contributed by atoms with van der Waals surface area (Å²) >= 11 is 0. The van der Waals surface area contributed by atoms with E-state index in [9.17, 15) is 10.1 Å². The number of benzene rings is 1. The van der Waals surface area contributed by atoms with Crippen molar-refractivity contribution < 1.29 is 4.92 Å². The predicted molar refractivity (Wildman–Crippen MR) is 65.4 cm³/mol. The Morgan fingerprint density at radius 3 is 2.81 bits per heavy atom. The summed E-state index contributed by atoms with van der Waals surface area (Å²) in [5.41, 5.74) is 2.10. The minimum atomic E-state index is -0.374. The molecule has 0 amide bonds. The Hall–Kier alpha value is -1.68. The maximum absolute atomic E-state index is 10.5. The van der Waals surface area contributed by atoms with Crippen molar-refractivity contribution in [2.24, 2.45) is 0 Å². The van der Waals surface area contributed by atoms with E-state index in [1.165, 1.54) is 6.07 Å². The van der Waals surface area contributed by atoms with Crippen LogP contribution >= 0.6 is 0 Å². The van der Waals surface area contributed by atoms with Gasteiger partial charge in [-0.05, 0) is 44.1 Å². The minimum absolute atomic E-state index is 0.143. The molecule has 16 heavy (non-hydrogen) atoms. The molecule has 0 aromatic heterocycles. The van der Waals surface area contributed by atoms with E-state index in [1.807, 2.05) is 20.0 Å². The van der Waals surface area contributed by atoms with Crippen molar-refractivity contribution >= 4 is 11.8 Å². The lowest BCUT2D eigenvalue weighted by Gasteiger charge is -2.00.